The van der Waals surface area contributed by atoms with E-state index in [1.807, 2.05) is 36.1 Å². The minimum atomic E-state index is -4.95. The number of ether oxygens (including phenoxy) is 1. The summed E-state index contributed by atoms with van der Waals surface area (Å²) in [5, 5.41) is 11.3. The molecule has 41 heavy (non-hydrogen) atoms. The molecule has 1 N–H and O–H groups in total. The van der Waals surface area contributed by atoms with Crippen LogP contribution in [0.15, 0.2) is 54.2 Å². The highest BCUT2D eigenvalue weighted by molar-refractivity contribution is 8.00. The Morgan fingerprint density at radius 2 is 1.63 bits per heavy atom. The number of fused-ring (bicyclic) bond motifs is 1. The van der Waals surface area contributed by atoms with Gasteiger partial charge in [-0.2, -0.15) is 26.3 Å². The largest absolute Gasteiger partial charge is 0.416 e. The van der Waals surface area contributed by atoms with Crippen molar-refractivity contribution >= 4 is 17.5 Å². The third-order valence-corrected chi connectivity index (χ3v) is 9.49. The monoisotopic (exact) mass is 599 g/mol. The predicted octanol–water partition coefficient (Wildman–Crippen LogP) is 7.12. The van der Waals surface area contributed by atoms with E-state index in [9.17, 15) is 36.2 Å². The summed E-state index contributed by atoms with van der Waals surface area (Å²) in [6.07, 6.45) is -9.66. The predicted molar refractivity (Wildman–Crippen MR) is 143 cm³/mol. The zero-order chi connectivity index (χ0) is 29.7. The summed E-state index contributed by atoms with van der Waals surface area (Å²) in [4.78, 5) is 14.0. The summed E-state index contributed by atoms with van der Waals surface area (Å²) in [7, 11) is 0. The van der Waals surface area contributed by atoms with Crippen molar-refractivity contribution in [2.45, 2.75) is 63.4 Å². The molecule has 4 nitrogen and oxygen atoms in total. The van der Waals surface area contributed by atoms with Gasteiger partial charge >= 0.3 is 12.4 Å². The third-order valence-electron chi connectivity index (χ3n) is 8.50. The maximum absolute atomic E-state index is 13.5. The highest BCUT2D eigenvalue weighted by Gasteiger charge is 2.51. The average Bonchev–Trinajstić information content (AvgIpc) is 3.24. The van der Waals surface area contributed by atoms with Gasteiger partial charge in [0.15, 0.2) is 5.78 Å². The van der Waals surface area contributed by atoms with Crippen LogP contribution >= 0.6 is 11.8 Å². The van der Waals surface area contributed by atoms with E-state index in [0.29, 0.717) is 30.9 Å². The molecular formula is C30H31F6NO3S. The lowest BCUT2D eigenvalue weighted by Gasteiger charge is -2.41. The molecule has 1 saturated heterocycles. The van der Waals surface area contributed by atoms with Crippen molar-refractivity contribution in [1.29, 1.82) is 0 Å². The van der Waals surface area contributed by atoms with Gasteiger partial charge in [0, 0.05) is 35.9 Å². The number of ketones is 1. The average molecular weight is 600 g/mol. The van der Waals surface area contributed by atoms with Crippen LogP contribution in [0.1, 0.15) is 59.6 Å². The molecule has 0 bridgehead atoms. The Kier molecular flexibility index (Phi) is 8.26. The Morgan fingerprint density at radius 1 is 0.976 bits per heavy atom. The fourth-order valence-corrected chi connectivity index (χ4v) is 7.40. The van der Waals surface area contributed by atoms with Crippen LogP contribution in [0.3, 0.4) is 0 Å². The van der Waals surface area contributed by atoms with E-state index < -0.39 is 41.9 Å². The fraction of sp³-hybridized carbons (Fsp3) is 0.500. The molecule has 5 rings (SSSR count). The second kappa shape index (κ2) is 11.3. The lowest BCUT2D eigenvalue weighted by atomic mass is 9.68. The number of aryl methyl sites for hydroxylation is 1. The van der Waals surface area contributed by atoms with Gasteiger partial charge in [0.25, 0.3) is 0 Å². The lowest BCUT2D eigenvalue weighted by molar-refractivity contribution is -0.143. The van der Waals surface area contributed by atoms with Crippen LogP contribution in [0, 0.1) is 18.8 Å². The first-order chi connectivity index (χ1) is 19.2. The molecule has 11 heteroatoms. The van der Waals surface area contributed by atoms with Gasteiger partial charge in [-0.15, -0.1) is 11.8 Å². The van der Waals surface area contributed by atoms with Gasteiger partial charge < -0.3 is 14.7 Å². The quantitative estimate of drug-likeness (QED) is 0.371. The molecule has 2 aromatic rings. The number of carbonyl (C=O) groups is 1. The minimum Gasteiger partial charge on any atom is -0.373 e. The molecule has 0 aromatic heterocycles. The van der Waals surface area contributed by atoms with Crippen molar-refractivity contribution in [1.82, 2.24) is 4.90 Å². The zero-order valence-electron chi connectivity index (χ0n) is 22.5. The highest BCUT2D eigenvalue weighted by Crippen LogP contribution is 2.51. The summed E-state index contributed by atoms with van der Waals surface area (Å²) < 4.78 is 87.5. The van der Waals surface area contributed by atoms with E-state index in [4.69, 9.17) is 4.74 Å². The summed E-state index contributed by atoms with van der Waals surface area (Å²) in [5.74, 6) is 0.479. The number of aliphatic hydroxyl groups is 1. The molecule has 3 aliphatic rings. The number of allylic oxidation sites excluding steroid dienone is 1. The molecule has 1 unspecified atom stereocenters. The van der Waals surface area contributed by atoms with E-state index in [0.717, 1.165) is 29.0 Å². The summed E-state index contributed by atoms with van der Waals surface area (Å²) in [6.45, 7) is 3.88. The standard InChI is InChI=1S/C30H31F6NO3S/c1-16-5-3-4-6-23(16)27-25-13-37(21-12-22(38)15-41-14-21)28(39)24(25)7-8-26(27)40-17(2)18-9-19(29(31,32)33)11-20(10-18)30(34,35)36/h3-6,9-12,17,24-28,39H,7-8,13-15H2,1-2H3/t17-,24+,25-,26+,27+,28?/m1/s1. The zero-order valence-corrected chi connectivity index (χ0v) is 23.3. The van der Waals surface area contributed by atoms with Crippen LogP contribution in [0.2, 0.25) is 0 Å². The van der Waals surface area contributed by atoms with E-state index >= 15 is 0 Å². The Hall–Kier alpha value is -2.50. The number of thioether (sulfide) groups is 1. The number of likely N-dealkylation sites (tertiary alicyclic amines) is 1. The van der Waals surface area contributed by atoms with Gasteiger partial charge in [-0.05, 0) is 67.5 Å². The van der Waals surface area contributed by atoms with Crippen LogP contribution in [0.25, 0.3) is 0 Å². The Morgan fingerprint density at radius 3 is 2.24 bits per heavy atom. The molecule has 1 aliphatic carbocycles. The molecule has 1 saturated carbocycles. The van der Waals surface area contributed by atoms with Crippen molar-refractivity contribution < 1.29 is 41.0 Å². The number of alkyl halides is 6. The molecule has 222 valence electrons. The van der Waals surface area contributed by atoms with Gasteiger partial charge in [-0.3, -0.25) is 4.79 Å². The molecule has 2 aromatic carbocycles. The maximum Gasteiger partial charge on any atom is 0.416 e. The number of hydrogen-bond donors (Lipinski definition) is 1. The number of halogens is 6. The third kappa shape index (κ3) is 6.17. The number of rotatable bonds is 5. The van der Waals surface area contributed by atoms with Gasteiger partial charge in [-0.25, -0.2) is 0 Å². The summed E-state index contributed by atoms with van der Waals surface area (Å²) in [5.41, 5.74) is -0.232. The normalized spacial score (nSPS) is 27.9. The molecule has 0 radical (unpaired) electrons. The maximum atomic E-state index is 13.5. The van der Waals surface area contributed by atoms with E-state index in [1.165, 1.54) is 18.7 Å². The SMILES string of the molecule is Cc1ccccc1[C@H]1[C@@H]2CN(C3=CC(=O)CSC3)C(O)[C@H]2CC[C@@H]1O[C@H](C)c1cc(C(F)(F)F)cc(C(F)(F)F)c1. The Balaban J connectivity index is 1.48. The van der Waals surface area contributed by atoms with Crippen LogP contribution < -0.4 is 0 Å². The second-order valence-electron chi connectivity index (χ2n) is 11.1. The van der Waals surface area contributed by atoms with Crippen molar-refractivity contribution in [2.24, 2.45) is 11.8 Å². The lowest BCUT2D eigenvalue weighted by Crippen LogP contribution is -2.40. The molecule has 2 aliphatic heterocycles. The van der Waals surface area contributed by atoms with Crippen molar-refractivity contribution in [3.8, 4) is 0 Å². The molecule has 6 atom stereocenters. The van der Waals surface area contributed by atoms with E-state index in [-0.39, 0.29) is 35.2 Å². The van der Waals surface area contributed by atoms with Crippen molar-refractivity contribution in [2.75, 3.05) is 18.1 Å². The number of aliphatic hydroxyl groups excluding tert-OH is 1. The first kappa shape index (κ1) is 30.0. The van der Waals surface area contributed by atoms with E-state index in [2.05, 4.69) is 0 Å². The Bertz CT molecular complexity index is 1290. The topological polar surface area (TPSA) is 49.8 Å². The minimum absolute atomic E-state index is 0.0110. The first-order valence-corrected chi connectivity index (χ1v) is 14.7. The summed E-state index contributed by atoms with van der Waals surface area (Å²) in [6, 6.07) is 9.25. The van der Waals surface area contributed by atoms with Gasteiger partial charge in [0.2, 0.25) is 0 Å². The molecule has 0 spiro atoms. The molecule has 0 amide bonds. The van der Waals surface area contributed by atoms with Crippen LogP contribution in [-0.4, -0.2) is 46.2 Å². The second-order valence-corrected chi connectivity index (χ2v) is 12.1. The number of hydrogen-bond acceptors (Lipinski definition) is 5. The number of benzene rings is 2. The van der Waals surface area contributed by atoms with Crippen LogP contribution in [-0.2, 0) is 21.9 Å². The Labute approximate surface area is 238 Å². The first-order valence-electron chi connectivity index (χ1n) is 13.5. The molecular weight excluding hydrogens is 568 g/mol. The highest BCUT2D eigenvalue weighted by atomic mass is 32.2. The smallest absolute Gasteiger partial charge is 0.373 e. The number of nitrogens with zero attached hydrogens (tertiary/aromatic N) is 1. The van der Waals surface area contributed by atoms with Gasteiger partial charge in [0.1, 0.15) is 6.23 Å². The fourth-order valence-electron chi connectivity index (χ4n) is 6.55. The molecule has 2 heterocycles. The van der Waals surface area contributed by atoms with Gasteiger partial charge in [-0.1, -0.05) is 24.3 Å². The molecule has 2 fully saturated rings. The van der Waals surface area contributed by atoms with Crippen molar-refractivity contribution in [3.05, 3.63) is 82.1 Å². The van der Waals surface area contributed by atoms with E-state index in [1.54, 1.807) is 6.08 Å². The number of carbonyl (C=O) groups excluding carboxylic acids is 1. The van der Waals surface area contributed by atoms with Crippen molar-refractivity contribution in [3.63, 3.8) is 0 Å². The van der Waals surface area contributed by atoms with Crippen LogP contribution in [0.4, 0.5) is 26.3 Å². The summed E-state index contributed by atoms with van der Waals surface area (Å²) >= 11 is 1.49. The van der Waals surface area contributed by atoms with Crippen LogP contribution in [0.5, 0.6) is 0 Å². The van der Waals surface area contributed by atoms with Gasteiger partial charge in [0.05, 0.1) is 29.1 Å².